The maximum atomic E-state index is 5.27. The summed E-state index contributed by atoms with van der Waals surface area (Å²) in [5.74, 6) is 0.939. The number of methoxy groups -OCH3 is 1. The first-order chi connectivity index (χ1) is 8.20. The number of benzene rings is 1. The average molecular weight is 234 g/mol. The Morgan fingerprint density at radius 1 is 1.12 bits per heavy atom. The lowest BCUT2D eigenvalue weighted by Gasteiger charge is -2.38. The van der Waals surface area contributed by atoms with Gasteiger partial charge in [-0.05, 0) is 26.0 Å². The number of hydrogen-bond donors (Lipinski definition) is 0. The van der Waals surface area contributed by atoms with Crippen LogP contribution in [0.2, 0.25) is 0 Å². The molecule has 0 amide bonds. The number of nitrogens with zero attached hydrogens (tertiary/aromatic N) is 2. The van der Waals surface area contributed by atoms with Gasteiger partial charge in [0.1, 0.15) is 5.75 Å². The first kappa shape index (κ1) is 12.2. The fraction of sp³-hybridized carbons (Fsp3) is 0.571. The van der Waals surface area contributed by atoms with Crippen LogP contribution in [0.15, 0.2) is 24.3 Å². The van der Waals surface area contributed by atoms with E-state index in [1.807, 2.05) is 6.07 Å². The van der Waals surface area contributed by atoms with Gasteiger partial charge in [0, 0.05) is 44.0 Å². The maximum Gasteiger partial charge on any atom is 0.120 e. The zero-order valence-electron chi connectivity index (χ0n) is 11.0. The maximum absolute atomic E-state index is 5.27. The van der Waals surface area contributed by atoms with E-state index in [0.717, 1.165) is 31.9 Å². The standard InChI is InChI=1S/C14H22N2O/c1-12(2)15-7-9-16(10-8-15)13-5-4-6-14(11-13)17-3/h4-6,11-12H,7-10H2,1-3H3. The van der Waals surface area contributed by atoms with Gasteiger partial charge in [-0.3, -0.25) is 4.90 Å². The third kappa shape index (κ3) is 2.91. The van der Waals surface area contributed by atoms with E-state index in [-0.39, 0.29) is 0 Å². The third-order valence-electron chi connectivity index (χ3n) is 3.46. The number of piperazine rings is 1. The Morgan fingerprint density at radius 3 is 2.41 bits per heavy atom. The van der Waals surface area contributed by atoms with E-state index < -0.39 is 0 Å². The smallest absolute Gasteiger partial charge is 0.120 e. The molecule has 1 fully saturated rings. The van der Waals surface area contributed by atoms with Gasteiger partial charge in [0.2, 0.25) is 0 Å². The van der Waals surface area contributed by atoms with Crippen LogP contribution in [0, 0.1) is 0 Å². The van der Waals surface area contributed by atoms with Crippen LogP contribution in [0.4, 0.5) is 5.69 Å². The molecular weight excluding hydrogens is 212 g/mol. The average Bonchev–Trinajstić information content (AvgIpc) is 2.39. The van der Waals surface area contributed by atoms with Crippen molar-refractivity contribution in [3.05, 3.63) is 24.3 Å². The van der Waals surface area contributed by atoms with Crippen LogP contribution in [0.5, 0.6) is 5.75 Å². The predicted octanol–water partition coefficient (Wildman–Crippen LogP) is 2.23. The molecule has 0 unspecified atom stereocenters. The van der Waals surface area contributed by atoms with Crippen LogP contribution in [-0.2, 0) is 0 Å². The molecule has 0 N–H and O–H groups in total. The molecule has 3 heteroatoms. The molecule has 0 bridgehead atoms. The van der Waals surface area contributed by atoms with Crippen LogP contribution in [0.1, 0.15) is 13.8 Å². The lowest BCUT2D eigenvalue weighted by Crippen LogP contribution is -2.48. The minimum Gasteiger partial charge on any atom is -0.497 e. The summed E-state index contributed by atoms with van der Waals surface area (Å²) in [5, 5.41) is 0. The van der Waals surface area contributed by atoms with E-state index in [2.05, 4.69) is 41.8 Å². The van der Waals surface area contributed by atoms with Crippen molar-refractivity contribution >= 4 is 5.69 Å². The van der Waals surface area contributed by atoms with E-state index in [1.165, 1.54) is 5.69 Å². The number of ether oxygens (including phenoxy) is 1. The van der Waals surface area contributed by atoms with Gasteiger partial charge >= 0.3 is 0 Å². The summed E-state index contributed by atoms with van der Waals surface area (Å²) in [6.45, 7) is 9.03. The molecule has 17 heavy (non-hydrogen) atoms. The molecule has 2 rings (SSSR count). The van der Waals surface area contributed by atoms with Gasteiger partial charge in [-0.15, -0.1) is 0 Å². The van der Waals surface area contributed by atoms with Gasteiger partial charge in [-0.2, -0.15) is 0 Å². The molecule has 1 aliphatic rings. The Kier molecular flexibility index (Phi) is 3.89. The van der Waals surface area contributed by atoms with E-state index in [1.54, 1.807) is 7.11 Å². The van der Waals surface area contributed by atoms with Crippen LogP contribution in [0.25, 0.3) is 0 Å². The number of anilines is 1. The molecule has 94 valence electrons. The van der Waals surface area contributed by atoms with Gasteiger partial charge in [-0.1, -0.05) is 6.07 Å². The van der Waals surface area contributed by atoms with Gasteiger partial charge in [0.25, 0.3) is 0 Å². The van der Waals surface area contributed by atoms with Crippen LogP contribution >= 0.6 is 0 Å². The monoisotopic (exact) mass is 234 g/mol. The predicted molar refractivity (Wildman–Crippen MR) is 71.9 cm³/mol. The van der Waals surface area contributed by atoms with Crippen molar-refractivity contribution in [3.63, 3.8) is 0 Å². The second-order valence-corrected chi connectivity index (χ2v) is 4.82. The molecule has 0 aliphatic carbocycles. The largest absolute Gasteiger partial charge is 0.497 e. The second-order valence-electron chi connectivity index (χ2n) is 4.82. The van der Waals surface area contributed by atoms with Crippen molar-refractivity contribution in [1.82, 2.24) is 4.90 Å². The zero-order valence-corrected chi connectivity index (χ0v) is 11.0. The highest BCUT2D eigenvalue weighted by Crippen LogP contribution is 2.22. The van der Waals surface area contributed by atoms with Gasteiger partial charge in [0.15, 0.2) is 0 Å². The Labute approximate surface area is 104 Å². The lowest BCUT2D eigenvalue weighted by atomic mass is 10.2. The highest BCUT2D eigenvalue weighted by molar-refractivity contribution is 5.51. The fourth-order valence-electron chi connectivity index (χ4n) is 2.30. The molecule has 0 saturated carbocycles. The topological polar surface area (TPSA) is 15.7 Å². The summed E-state index contributed by atoms with van der Waals surface area (Å²) in [6, 6.07) is 8.98. The Bertz CT molecular complexity index is 357. The summed E-state index contributed by atoms with van der Waals surface area (Å²) in [7, 11) is 1.72. The van der Waals surface area contributed by atoms with E-state index >= 15 is 0 Å². The first-order valence-electron chi connectivity index (χ1n) is 6.34. The minimum atomic E-state index is 0.655. The van der Waals surface area contributed by atoms with Crippen molar-refractivity contribution in [2.75, 3.05) is 38.2 Å². The highest BCUT2D eigenvalue weighted by atomic mass is 16.5. The molecule has 1 aromatic carbocycles. The molecule has 0 atom stereocenters. The number of rotatable bonds is 3. The molecule has 0 aromatic heterocycles. The van der Waals surface area contributed by atoms with Gasteiger partial charge in [0.05, 0.1) is 7.11 Å². The van der Waals surface area contributed by atoms with Crippen molar-refractivity contribution in [2.45, 2.75) is 19.9 Å². The number of hydrogen-bond acceptors (Lipinski definition) is 3. The van der Waals surface area contributed by atoms with Gasteiger partial charge in [-0.25, -0.2) is 0 Å². The normalized spacial score (nSPS) is 17.5. The van der Waals surface area contributed by atoms with Crippen LogP contribution < -0.4 is 9.64 Å². The summed E-state index contributed by atoms with van der Waals surface area (Å²) in [5.41, 5.74) is 1.27. The second kappa shape index (κ2) is 5.41. The van der Waals surface area contributed by atoms with Crippen molar-refractivity contribution in [2.24, 2.45) is 0 Å². The first-order valence-corrected chi connectivity index (χ1v) is 6.34. The minimum absolute atomic E-state index is 0.655. The van der Waals surface area contributed by atoms with E-state index in [9.17, 15) is 0 Å². The molecule has 1 heterocycles. The van der Waals surface area contributed by atoms with Crippen molar-refractivity contribution in [3.8, 4) is 5.75 Å². The fourth-order valence-corrected chi connectivity index (χ4v) is 2.30. The van der Waals surface area contributed by atoms with E-state index in [4.69, 9.17) is 4.74 Å². The summed E-state index contributed by atoms with van der Waals surface area (Å²) < 4.78 is 5.27. The van der Waals surface area contributed by atoms with Crippen LogP contribution in [0.3, 0.4) is 0 Å². The molecule has 0 radical (unpaired) electrons. The lowest BCUT2D eigenvalue weighted by molar-refractivity contribution is 0.209. The van der Waals surface area contributed by atoms with E-state index in [0.29, 0.717) is 6.04 Å². The zero-order chi connectivity index (χ0) is 12.3. The molecule has 1 aliphatic heterocycles. The molecule has 1 saturated heterocycles. The Morgan fingerprint density at radius 2 is 1.82 bits per heavy atom. The Hall–Kier alpha value is -1.22. The molecular formula is C14H22N2O. The molecule has 3 nitrogen and oxygen atoms in total. The Balaban J connectivity index is 2.00. The highest BCUT2D eigenvalue weighted by Gasteiger charge is 2.18. The summed E-state index contributed by atoms with van der Waals surface area (Å²) in [6.07, 6.45) is 0. The summed E-state index contributed by atoms with van der Waals surface area (Å²) >= 11 is 0. The SMILES string of the molecule is COc1cccc(N2CCN(C(C)C)CC2)c1. The van der Waals surface area contributed by atoms with Crippen LogP contribution in [-0.4, -0.2) is 44.2 Å². The van der Waals surface area contributed by atoms with Gasteiger partial charge < -0.3 is 9.64 Å². The quantitative estimate of drug-likeness (QED) is 0.797. The van der Waals surface area contributed by atoms with Crippen molar-refractivity contribution in [1.29, 1.82) is 0 Å². The molecule has 1 aromatic rings. The van der Waals surface area contributed by atoms with Crippen molar-refractivity contribution < 1.29 is 4.74 Å². The third-order valence-corrected chi connectivity index (χ3v) is 3.46. The summed E-state index contributed by atoms with van der Waals surface area (Å²) in [4.78, 5) is 4.96. The molecule has 0 spiro atoms.